The zero-order chi connectivity index (χ0) is 19.7. The van der Waals surface area contributed by atoms with Crippen molar-refractivity contribution >= 4 is 28.2 Å². The number of methoxy groups -OCH3 is 2. The van der Waals surface area contributed by atoms with E-state index in [-0.39, 0.29) is 0 Å². The van der Waals surface area contributed by atoms with Gasteiger partial charge >= 0.3 is 0 Å². The molecule has 146 valence electrons. The summed E-state index contributed by atoms with van der Waals surface area (Å²) in [4.78, 5) is 13.9. The Morgan fingerprint density at radius 3 is 2.18 bits per heavy atom. The van der Waals surface area contributed by atoms with Crippen LogP contribution in [0.15, 0.2) is 36.4 Å². The summed E-state index contributed by atoms with van der Waals surface area (Å²) in [7, 11) is 5.35. The van der Waals surface area contributed by atoms with E-state index in [1.54, 1.807) is 20.3 Å². The molecule has 7 heteroatoms. The second kappa shape index (κ2) is 7.81. The molecule has 1 saturated heterocycles. The van der Waals surface area contributed by atoms with Crippen molar-refractivity contribution in [1.29, 1.82) is 0 Å². The van der Waals surface area contributed by atoms with Gasteiger partial charge in [-0.25, -0.2) is 9.97 Å². The van der Waals surface area contributed by atoms with Gasteiger partial charge in [-0.2, -0.15) is 0 Å². The van der Waals surface area contributed by atoms with Crippen LogP contribution in [0.5, 0.6) is 11.5 Å². The Labute approximate surface area is 169 Å². The van der Waals surface area contributed by atoms with Crippen molar-refractivity contribution in [2.45, 2.75) is 0 Å². The molecule has 1 aromatic heterocycles. The lowest BCUT2D eigenvalue weighted by atomic mass is 10.1. The number of hydrogen-bond donors (Lipinski definition) is 0. The maximum absolute atomic E-state index is 6.44. The number of rotatable bonds is 4. The van der Waals surface area contributed by atoms with Gasteiger partial charge in [0.1, 0.15) is 5.15 Å². The van der Waals surface area contributed by atoms with Gasteiger partial charge in [0.15, 0.2) is 17.3 Å². The number of halogens is 1. The van der Waals surface area contributed by atoms with Crippen LogP contribution in [0, 0.1) is 0 Å². The molecule has 0 saturated carbocycles. The van der Waals surface area contributed by atoms with Crippen molar-refractivity contribution in [1.82, 2.24) is 14.9 Å². The van der Waals surface area contributed by atoms with Crippen LogP contribution in [0.4, 0.5) is 5.69 Å². The summed E-state index contributed by atoms with van der Waals surface area (Å²) >= 11 is 6.44. The van der Waals surface area contributed by atoms with E-state index in [0.29, 0.717) is 22.5 Å². The highest BCUT2D eigenvalue weighted by molar-refractivity contribution is 6.34. The fraction of sp³-hybridized carbons (Fsp3) is 0.333. The van der Waals surface area contributed by atoms with Gasteiger partial charge < -0.3 is 19.3 Å². The van der Waals surface area contributed by atoms with E-state index in [1.807, 2.05) is 18.2 Å². The smallest absolute Gasteiger partial charge is 0.162 e. The maximum Gasteiger partial charge on any atom is 0.162 e. The minimum Gasteiger partial charge on any atom is -0.493 e. The van der Waals surface area contributed by atoms with Crippen LogP contribution in [0.2, 0.25) is 5.15 Å². The highest BCUT2D eigenvalue weighted by atomic mass is 35.5. The van der Waals surface area contributed by atoms with E-state index in [4.69, 9.17) is 26.1 Å². The van der Waals surface area contributed by atoms with Crippen molar-refractivity contribution in [2.75, 3.05) is 52.3 Å². The molecule has 0 unspecified atom stereocenters. The lowest BCUT2D eigenvalue weighted by molar-refractivity contribution is 0.313. The highest BCUT2D eigenvalue weighted by Crippen LogP contribution is 2.35. The Morgan fingerprint density at radius 1 is 0.893 bits per heavy atom. The Balaban J connectivity index is 1.67. The number of likely N-dealkylation sites (N-methyl/N-ethyl adjacent to an activating group) is 1. The first kappa shape index (κ1) is 18.8. The summed E-state index contributed by atoms with van der Waals surface area (Å²) in [6, 6.07) is 12.0. The van der Waals surface area contributed by atoms with Gasteiger partial charge in [-0.05, 0) is 37.4 Å². The van der Waals surface area contributed by atoms with Crippen molar-refractivity contribution in [2.24, 2.45) is 0 Å². The molecule has 28 heavy (non-hydrogen) atoms. The molecule has 0 spiro atoms. The number of anilines is 1. The Morgan fingerprint density at radius 2 is 1.54 bits per heavy atom. The largest absolute Gasteiger partial charge is 0.493 e. The molecule has 1 aliphatic rings. The van der Waals surface area contributed by atoms with Gasteiger partial charge in [0.25, 0.3) is 0 Å². The van der Waals surface area contributed by atoms with Crippen molar-refractivity contribution < 1.29 is 9.47 Å². The molecule has 6 nitrogen and oxygen atoms in total. The van der Waals surface area contributed by atoms with E-state index in [9.17, 15) is 0 Å². The first-order valence-electron chi connectivity index (χ1n) is 9.22. The van der Waals surface area contributed by atoms with E-state index in [2.05, 4.69) is 34.0 Å². The Bertz CT molecular complexity index is 986. The van der Waals surface area contributed by atoms with Crippen LogP contribution in [0.3, 0.4) is 0 Å². The molecule has 4 rings (SSSR count). The zero-order valence-corrected chi connectivity index (χ0v) is 17.0. The molecule has 3 aromatic rings. The molecule has 2 heterocycles. The lowest BCUT2D eigenvalue weighted by Crippen LogP contribution is -2.44. The molecule has 0 atom stereocenters. The minimum atomic E-state index is 0.393. The fourth-order valence-electron chi connectivity index (χ4n) is 3.43. The van der Waals surface area contributed by atoms with Crippen LogP contribution < -0.4 is 14.4 Å². The van der Waals surface area contributed by atoms with Crippen molar-refractivity contribution in [3.8, 4) is 22.9 Å². The fourth-order valence-corrected chi connectivity index (χ4v) is 3.66. The third-order valence-corrected chi connectivity index (χ3v) is 5.44. The van der Waals surface area contributed by atoms with Gasteiger partial charge in [-0.3, -0.25) is 0 Å². The Kier molecular flexibility index (Phi) is 5.24. The Hall–Kier alpha value is -2.57. The average Bonchev–Trinajstić information content (AvgIpc) is 2.73. The maximum atomic E-state index is 6.44. The number of hydrogen-bond acceptors (Lipinski definition) is 6. The van der Waals surface area contributed by atoms with E-state index in [0.717, 1.165) is 42.6 Å². The standard InChI is InChI=1S/C21H23ClN4O2/c1-25-8-10-26(11-9-25)15-6-4-14(5-7-15)21-23-17-13-19(28-3)18(27-2)12-16(17)20(22)24-21/h4-7,12-13H,8-11H2,1-3H3. The van der Waals surface area contributed by atoms with Gasteiger partial charge in [0.05, 0.1) is 19.7 Å². The zero-order valence-electron chi connectivity index (χ0n) is 16.3. The number of ether oxygens (including phenoxy) is 2. The minimum absolute atomic E-state index is 0.393. The number of aromatic nitrogens is 2. The van der Waals surface area contributed by atoms with Gasteiger partial charge in [0, 0.05) is 48.9 Å². The molecule has 0 amide bonds. The molecule has 1 aliphatic heterocycles. The SMILES string of the molecule is COc1cc2nc(-c3ccc(N4CCN(C)CC4)cc3)nc(Cl)c2cc1OC. The van der Waals surface area contributed by atoms with Gasteiger partial charge in [-0.15, -0.1) is 0 Å². The van der Waals surface area contributed by atoms with Gasteiger partial charge in [0.2, 0.25) is 0 Å². The van der Waals surface area contributed by atoms with Crippen LogP contribution >= 0.6 is 11.6 Å². The molecule has 1 fully saturated rings. The number of piperazine rings is 1. The summed E-state index contributed by atoms with van der Waals surface area (Å²) < 4.78 is 10.7. The molecule has 2 aromatic carbocycles. The van der Waals surface area contributed by atoms with Crippen molar-refractivity contribution in [3.05, 3.63) is 41.6 Å². The predicted octanol–water partition coefficient (Wildman–Crippen LogP) is 3.72. The average molecular weight is 399 g/mol. The summed E-state index contributed by atoms with van der Waals surface area (Å²) in [5.74, 6) is 1.81. The summed E-state index contributed by atoms with van der Waals surface area (Å²) in [5, 5.41) is 1.13. The topological polar surface area (TPSA) is 50.7 Å². The molecule has 0 bridgehead atoms. The number of nitrogens with zero attached hydrogens (tertiary/aromatic N) is 4. The van der Waals surface area contributed by atoms with Crippen molar-refractivity contribution in [3.63, 3.8) is 0 Å². The molecular weight excluding hydrogens is 376 g/mol. The highest BCUT2D eigenvalue weighted by Gasteiger charge is 2.16. The molecule has 0 N–H and O–H groups in total. The monoisotopic (exact) mass is 398 g/mol. The van der Waals surface area contributed by atoms with E-state index < -0.39 is 0 Å². The summed E-state index contributed by atoms with van der Waals surface area (Å²) in [6.07, 6.45) is 0. The summed E-state index contributed by atoms with van der Waals surface area (Å²) in [5.41, 5.74) is 2.86. The predicted molar refractivity (Wildman–Crippen MR) is 113 cm³/mol. The van der Waals surface area contributed by atoms with Crippen LogP contribution in [-0.4, -0.2) is 62.3 Å². The van der Waals surface area contributed by atoms with E-state index in [1.165, 1.54) is 5.69 Å². The number of fused-ring (bicyclic) bond motifs is 1. The first-order valence-corrected chi connectivity index (χ1v) is 9.60. The summed E-state index contributed by atoms with van der Waals surface area (Å²) in [6.45, 7) is 4.23. The van der Waals surface area contributed by atoms with Crippen LogP contribution in [0.25, 0.3) is 22.3 Å². The quantitative estimate of drug-likeness (QED) is 0.624. The van der Waals surface area contributed by atoms with Gasteiger partial charge in [-0.1, -0.05) is 11.6 Å². The van der Waals surface area contributed by atoms with Crippen LogP contribution in [0.1, 0.15) is 0 Å². The molecule has 0 radical (unpaired) electrons. The number of benzene rings is 2. The van der Waals surface area contributed by atoms with E-state index >= 15 is 0 Å². The lowest BCUT2D eigenvalue weighted by Gasteiger charge is -2.34. The normalized spacial score (nSPS) is 15.1. The molecular formula is C21H23ClN4O2. The second-order valence-electron chi connectivity index (χ2n) is 6.90. The second-order valence-corrected chi connectivity index (χ2v) is 7.26. The third kappa shape index (κ3) is 3.57. The molecule has 0 aliphatic carbocycles. The third-order valence-electron chi connectivity index (χ3n) is 5.15. The first-order chi connectivity index (χ1) is 13.6. The van der Waals surface area contributed by atoms with Crippen LogP contribution in [-0.2, 0) is 0 Å².